The van der Waals surface area contributed by atoms with Gasteiger partial charge in [0.1, 0.15) is 5.54 Å². The summed E-state index contributed by atoms with van der Waals surface area (Å²) in [4.78, 5) is 21.4. The van der Waals surface area contributed by atoms with Gasteiger partial charge < -0.3 is 25.8 Å². The highest BCUT2D eigenvalue weighted by Gasteiger charge is 2.46. The number of aliphatic carboxylic acids is 2. The van der Waals surface area contributed by atoms with E-state index in [1.165, 1.54) is 5.56 Å². The van der Waals surface area contributed by atoms with Crippen LogP contribution in [0.4, 0.5) is 0 Å². The summed E-state index contributed by atoms with van der Waals surface area (Å²) in [5.41, 5.74) is 6.25. The van der Waals surface area contributed by atoms with Gasteiger partial charge in [0.15, 0.2) is 6.10 Å². The maximum atomic E-state index is 11.1. The summed E-state index contributed by atoms with van der Waals surface area (Å²) in [5, 5.41) is 26.5. The zero-order chi connectivity index (χ0) is 20.6. The maximum Gasteiger partial charge on any atom is 0.337 e. The van der Waals surface area contributed by atoms with Gasteiger partial charge in [0, 0.05) is 13.0 Å². The van der Waals surface area contributed by atoms with Crippen LogP contribution in [0.1, 0.15) is 30.1 Å². The molecular formula is C21H25NO6. The van der Waals surface area contributed by atoms with Crippen molar-refractivity contribution in [1.82, 2.24) is 0 Å². The Morgan fingerprint density at radius 2 is 1.64 bits per heavy atom. The first-order valence-electron chi connectivity index (χ1n) is 8.98. The number of aliphatic hydroxyl groups is 1. The van der Waals surface area contributed by atoms with Crippen molar-refractivity contribution in [2.75, 3.05) is 6.61 Å². The van der Waals surface area contributed by atoms with Gasteiger partial charge in [0.2, 0.25) is 0 Å². The minimum Gasteiger partial charge on any atom is -0.480 e. The minimum absolute atomic E-state index is 0.389. The summed E-state index contributed by atoms with van der Waals surface area (Å²) in [6.45, 7) is 0.433. The normalized spacial score (nSPS) is 22.0. The number of carbonyl (C=O) groups is 2. The number of rotatable bonds is 6. The van der Waals surface area contributed by atoms with E-state index >= 15 is 0 Å². The van der Waals surface area contributed by atoms with Gasteiger partial charge in [-0.3, -0.25) is 4.79 Å². The lowest BCUT2D eigenvalue weighted by atomic mass is 9.89. The molecule has 5 N–H and O–H groups in total. The number of aliphatic hydroxyl groups excluding tert-OH is 1. The van der Waals surface area contributed by atoms with E-state index in [-0.39, 0.29) is 6.10 Å². The molecule has 3 atom stereocenters. The highest BCUT2D eigenvalue weighted by atomic mass is 16.5. The summed E-state index contributed by atoms with van der Waals surface area (Å²) >= 11 is 0. The molecule has 0 bridgehead atoms. The highest BCUT2D eigenvalue weighted by Crippen LogP contribution is 2.27. The maximum absolute atomic E-state index is 11.1. The van der Waals surface area contributed by atoms with Crippen LogP contribution in [0.25, 0.3) is 0 Å². The van der Waals surface area contributed by atoms with E-state index in [9.17, 15) is 9.59 Å². The molecule has 3 rings (SSSR count). The number of aryl methyl sites for hydroxylation is 1. The summed E-state index contributed by atoms with van der Waals surface area (Å²) in [5.74, 6) is -2.19. The monoisotopic (exact) mass is 387 g/mol. The first-order valence-corrected chi connectivity index (χ1v) is 8.98. The van der Waals surface area contributed by atoms with Gasteiger partial charge in [-0.1, -0.05) is 60.7 Å². The largest absolute Gasteiger partial charge is 0.480 e. The average Bonchev–Trinajstić information content (AvgIpc) is 3.10. The molecule has 1 aliphatic heterocycles. The summed E-state index contributed by atoms with van der Waals surface area (Å²) in [7, 11) is 0. The zero-order valence-electron chi connectivity index (χ0n) is 15.4. The van der Waals surface area contributed by atoms with Crippen LogP contribution in [0.5, 0.6) is 0 Å². The van der Waals surface area contributed by atoms with Crippen LogP contribution in [0.15, 0.2) is 60.7 Å². The Morgan fingerprint density at radius 3 is 2.18 bits per heavy atom. The average molecular weight is 387 g/mol. The predicted octanol–water partition coefficient (Wildman–Crippen LogP) is 1.99. The first-order chi connectivity index (χ1) is 13.3. The molecule has 0 radical (unpaired) electrons. The molecule has 0 spiro atoms. The fourth-order valence-corrected chi connectivity index (χ4v) is 2.99. The van der Waals surface area contributed by atoms with Gasteiger partial charge in [-0.25, -0.2) is 4.79 Å². The molecule has 150 valence electrons. The van der Waals surface area contributed by atoms with Crippen molar-refractivity contribution in [2.45, 2.75) is 37.0 Å². The van der Waals surface area contributed by atoms with Gasteiger partial charge in [-0.15, -0.1) is 0 Å². The Kier molecular flexibility index (Phi) is 7.69. The molecule has 1 heterocycles. The number of carboxylic acids is 2. The van der Waals surface area contributed by atoms with Gasteiger partial charge >= 0.3 is 11.9 Å². The lowest BCUT2D eigenvalue weighted by Gasteiger charge is -2.25. The van der Waals surface area contributed by atoms with Crippen LogP contribution in [0.2, 0.25) is 0 Å². The fraction of sp³-hybridized carbons (Fsp3) is 0.333. The Bertz CT molecular complexity index is 767. The molecule has 2 aromatic carbocycles. The van der Waals surface area contributed by atoms with Gasteiger partial charge in [-0.2, -0.15) is 0 Å². The van der Waals surface area contributed by atoms with Crippen molar-refractivity contribution in [1.29, 1.82) is 0 Å². The number of nitrogens with two attached hydrogens (primary N) is 1. The molecule has 0 saturated carbocycles. The van der Waals surface area contributed by atoms with Gasteiger partial charge in [0.25, 0.3) is 0 Å². The van der Waals surface area contributed by atoms with Crippen LogP contribution < -0.4 is 5.73 Å². The Labute approximate surface area is 163 Å². The lowest BCUT2D eigenvalue weighted by Crippen LogP contribution is -2.54. The topological polar surface area (TPSA) is 130 Å². The lowest BCUT2D eigenvalue weighted by molar-refractivity contribution is -0.147. The molecule has 0 amide bonds. The third-order valence-electron chi connectivity index (χ3n) is 4.69. The smallest absolute Gasteiger partial charge is 0.337 e. The molecule has 7 nitrogen and oxygen atoms in total. The minimum atomic E-state index is -1.41. The van der Waals surface area contributed by atoms with Crippen LogP contribution in [0.3, 0.4) is 0 Å². The summed E-state index contributed by atoms with van der Waals surface area (Å²) in [6, 6.07) is 18.2. The van der Waals surface area contributed by atoms with E-state index in [0.717, 1.165) is 6.42 Å². The quantitative estimate of drug-likeness (QED) is 0.596. The number of ether oxygens (including phenoxy) is 1. The molecule has 1 fully saturated rings. The van der Waals surface area contributed by atoms with Gasteiger partial charge in [-0.05, 0) is 24.0 Å². The van der Waals surface area contributed by atoms with Crippen molar-refractivity contribution in [2.24, 2.45) is 5.73 Å². The van der Waals surface area contributed by atoms with E-state index in [1.807, 2.05) is 30.3 Å². The third kappa shape index (κ3) is 5.63. The molecule has 28 heavy (non-hydrogen) atoms. The van der Waals surface area contributed by atoms with E-state index in [1.54, 1.807) is 30.3 Å². The van der Waals surface area contributed by atoms with E-state index in [2.05, 4.69) is 0 Å². The standard InChI is InChI=1S/C13H17NO3.C8H8O3/c14-13(12(15)16)8-9-17-11(13)7-6-10-4-2-1-3-5-10;9-7(8(10)11)6-4-2-1-3-5-6/h1-5,11H,6-9,14H2,(H,15,16);1-5,7,9H,(H,10,11)/t11-,13?;7-/m00/s1. The van der Waals surface area contributed by atoms with Crippen molar-refractivity contribution < 1.29 is 29.6 Å². The molecule has 1 unspecified atom stereocenters. The Balaban J connectivity index is 0.000000221. The molecule has 1 aliphatic rings. The Morgan fingerprint density at radius 1 is 1.07 bits per heavy atom. The fourth-order valence-electron chi connectivity index (χ4n) is 2.99. The van der Waals surface area contributed by atoms with Crippen LogP contribution in [-0.2, 0) is 20.7 Å². The second-order valence-corrected chi connectivity index (χ2v) is 6.63. The summed E-state index contributed by atoms with van der Waals surface area (Å²) < 4.78 is 5.45. The molecule has 0 aliphatic carbocycles. The zero-order valence-corrected chi connectivity index (χ0v) is 15.4. The van der Waals surface area contributed by atoms with Gasteiger partial charge in [0.05, 0.1) is 6.10 Å². The van der Waals surface area contributed by atoms with E-state index < -0.39 is 23.6 Å². The van der Waals surface area contributed by atoms with E-state index in [4.69, 9.17) is 25.8 Å². The van der Waals surface area contributed by atoms with E-state index in [0.29, 0.717) is 25.0 Å². The third-order valence-corrected chi connectivity index (χ3v) is 4.69. The van der Waals surface area contributed by atoms with Crippen LogP contribution >= 0.6 is 0 Å². The van der Waals surface area contributed by atoms with Crippen molar-refractivity contribution >= 4 is 11.9 Å². The predicted molar refractivity (Wildman–Crippen MR) is 103 cm³/mol. The van der Waals surface area contributed by atoms with Crippen LogP contribution in [-0.4, -0.2) is 45.5 Å². The number of benzene rings is 2. The number of hydrogen-bond donors (Lipinski definition) is 4. The van der Waals surface area contributed by atoms with Crippen LogP contribution in [0, 0.1) is 0 Å². The molecule has 2 aromatic rings. The number of hydrogen-bond acceptors (Lipinski definition) is 5. The second-order valence-electron chi connectivity index (χ2n) is 6.63. The second kappa shape index (κ2) is 9.98. The first kappa shape index (κ1) is 21.6. The molecule has 0 aromatic heterocycles. The Hall–Kier alpha value is -2.74. The SMILES string of the molecule is NC1(C(=O)O)CCO[C@H]1CCc1ccccc1.O=C(O)[C@@H](O)c1ccccc1. The van der Waals surface area contributed by atoms with Crippen molar-refractivity contribution in [3.63, 3.8) is 0 Å². The van der Waals surface area contributed by atoms with Crippen molar-refractivity contribution in [3.8, 4) is 0 Å². The van der Waals surface area contributed by atoms with Crippen molar-refractivity contribution in [3.05, 3.63) is 71.8 Å². The molecule has 7 heteroatoms. The number of carboxylic acid groups (broad SMARTS) is 2. The highest BCUT2D eigenvalue weighted by molar-refractivity contribution is 5.79. The molecule has 1 saturated heterocycles. The summed E-state index contributed by atoms with van der Waals surface area (Å²) in [6.07, 6.45) is 0.0307. The molecular weight excluding hydrogens is 362 g/mol.